The zero-order chi connectivity index (χ0) is 31.2. The molecule has 0 aliphatic heterocycles. The van der Waals surface area contributed by atoms with E-state index in [4.69, 9.17) is 16.0 Å². The first kappa shape index (κ1) is 33.1. The van der Waals surface area contributed by atoms with Gasteiger partial charge in [0, 0.05) is 6.54 Å². The molecule has 0 bridgehead atoms. The van der Waals surface area contributed by atoms with Crippen molar-refractivity contribution in [3.8, 4) is 0 Å². The fraction of sp³-hybridized carbons (Fsp3) is 0.343. The molecule has 3 atom stereocenters. The minimum atomic E-state index is -2.24. The van der Waals surface area contributed by atoms with Crippen LogP contribution in [0.2, 0.25) is 18.1 Å². The average molecular weight is 635 g/mol. The molecule has 5 nitrogen and oxygen atoms in total. The number of hydrogen-bond acceptors (Lipinski definition) is 3. The Balaban J connectivity index is 1.89. The summed E-state index contributed by atoms with van der Waals surface area (Å²) >= 11 is 6.28. The molecule has 0 aliphatic rings. The first-order valence-electron chi connectivity index (χ1n) is 14.7. The average Bonchev–Trinajstić information content (AvgIpc) is 2.99. The molecule has 1 N–H and O–H groups in total. The predicted octanol–water partition coefficient (Wildman–Crippen LogP) is 8.16. The van der Waals surface area contributed by atoms with Gasteiger partial charge < -0.3 is 9.33 Å². The highest BCUT2D eigenvalue weighted by Gasteiger charge is 2.41. The molecular formula is C35H43ClN2O3SSi. The molecule has 4 aromatic carbocycles. The van der Waals surface area contributed by atoms with Gasteiger partial charge in [0.2, 0.25) is 5.91 Å². The molecule has 0 fully saturated rings. The first-order chi connectivity index (χ1) is 20.4. The van der Waals surface area contributed by atoms with Gasteiger partial charge in [-0.1, -0.05) is 111 Å². The minimum absolute atomic E-state index is 0.0363. The Bertz CT molecular complexity index is 1540. The van der Waals surface area contributed by atoms with Crippen molar-refractivity contribution in [2.45, 2.75) is 69.4 Å². The van der Waals surface area contributed by atoms with Crippen LogP contribution < -0.4 is 4.72 Å². The molecule has 0 saturated heterocycles. The normalized spacial score (nSPS) is 14.3. The van der Waals surface area contributed by atoms with Crippen LogP contribution in [-0.2, 0) is 26.8 Å². The Hall–Kier alpha value is -2.81. The number of benzene rings is 4. The third-order valence-electron chi connectivity index (χ3n) is 8.46. The fourth-order valence-electron chi connectivity index (χ4n) is 4.84. The number of rotatable bonds is 12. The Morgan fingerprint density at radius 2 is 1.56 bits per heavy atom. The van der Waals surface area contributed by atoms with E-state index in [1.54, 1.807) is 4.90 Å². The lowest BCUT2D eigenvalue weighted by atomic mass is 9.93. The molecule has 8 heteroatoms. The van der Waals surface area contributed by atoms with Crippen molar-refractivity contribution in [1.82, 2.24) is 9.62 Å². The summed E-state index contributed by atoms with van der Waals surface area (Å²) in [6.45, 7) is 13.6. The van der Waals surface area contributed by atoms with Gasteiger partial charge in [0.15, 0.2) is 8.32 Å². The number of aryl methyl sites for hydroxylation is 1. The van der Waals surface area contributed by atoms with Crippen LogP contribution in [0.15, 0.2) is 102 Å². The van der Waals surface area contributed by atoms with E-state index in [1.807, 2.05) is 79.7 Å². The molecule has 4 rings (SSSR count). The second kappa shape index (κ2) is 14.3. The van der Waals surface area contributed by atoms with Crippen LogP contribution >= 0.6 is 11.6 Å². The minimum Gasteiger partial charge on any atom is -0.415 e. The van der Waals surface area contributed by atoms with Crippen molar-refractivity contribution in [2.24, 2.45) is 0 Å². The van der Waals surface area contributed by atoms with Gasteiger partial charge in [-0.3, -0.25) is 4.79 Å². The second-order valence-corrected chi connectivity index (χ2v) is 18.8. The van der Waals surface area contributed by atoms with Crippen LogP contribution in [0.3, 0.4) is 0 Å². The summed E-state index contributed by atoms with van der Waals surface area (Å²) in [7, 11) is -3.81. The SMILES string of the molecule is Cc1ccc([S@](=O)N[C@H](c2cccc3ccccc23)[C@@H](CO[Si](C)(C)C(C)(C)C)N(Cc2ccccc2)C(=O)CCl)cc1. The lowest BCUT2D eigenvalue weighted by Crippen LogP contribution is -2.53. The molecule has 1 amide bonds. The van der Waals surface area contributed by atoms with Crippen LogP contribution in [0.4, 0.5) is 0 Å². The Labute approximate surface area is 265 Å². The van der Waals surface area contributed by atoms with Crippen LogP contribution in [0.25, 0.3) is 10.8 Å². The number of carbonyl (C=O) groups is 1. The summed E-state index contributed by atoms with van der Waals surface area (Å²) in [6.07, 6.45) is 0. The summed E-state index contributed by atoms with van der Waals surface area (Å²) in [4.78, 5) is 16.2. The lowest BCUT2D eigenvalue weighted by Gasteiger charge is -2.42. The second-order valence-electron chi connectivity index (χ2n) is 12.5. The largest absolute Gasteiger partial charge is 0.415 e. The van der Waals surface area contributed by atoms with E-state index in [-0.39, 0.29) is 23.4 Å². The smallest absolute Gasteiger partial charge is 0.238 e. The maximum Gasteiger partial charge on any atom is 0.238 e. The lowest BCUT2D eigenvalue weighted by molar-refractivity contribution is -0.133. The molecule has 228 valence electrons. The van der Waals surface area contributed by atoms with Crippen molar-refractivity contribution in [1.29, 1.82) is 0 Å². The molecule has 43 heavy (non-hydrogen) atoms. The van der Waals surface area contributed by atoms with E-state index in [9.17, 15) is 9.00 Å². The number of fused-ring (bicyclic) bond motifs is 1. The summed E-state index contributed by atoms with van der Waals surface area (Å²) in [5.41, 5.74) is 3.02. The van der Waals surface area contributed by atoms with Gasteiger partial charge in [-0.2, -0.15) is 0 Å². The number of nitrogens with one attached hydrogen (secondary N) is 1. The van der Waals surface area contributed by atoms with Crippen LogP contribution in [0.1, 0.15) is 43.5 Å². The van der Waals surface area contributed by atoms with Gasteiger partial charge >= 0.3 is 0 Å². The zero-order valence-corrected chi connectivity index (χ0v) is 28.5. The summed E-state index contributed by atoms with van der Waals surface area (Å²) in [5.74, 6) is -0.380. The number of nitrogens with zero attached hydrogens (tertiary/aromatic N) is 1. The third kappa shape index (κ3) is 8.22. The standard InChI is InChI=1S/C35H43ClN2O3SSi/c1-26-19-21-29(22-20-26)42(40)37-34(31-18-12-16-28-15-10-11-17-30(28)31)32(25-41-43(5,6)35(2,3)4)38(33(39)23-36)24-27-13-8-7-9-14-27/h7-22,32,34,37H,23-25H2,1-6H3/t32-,34-,42+/m1/s1. The number of halogens is 1. The third-order valence-corrected chi connectivity index (χ3v) is 14.4. The zero-order valence-electron chi connectivity index (χ0n) is 26.0. The molecule has 0 spiro atoms. The van der Waals surface area contributed by atoms with Crippen LogP contribution in [0.5, 0.6) is 0 Å². The van der Waals surface area contributed by atoms with Crippen molar-refractivity contribution >= 4 is 47.6 Å². The van der Waals surface area contributed by atoms with E-state index in [2.05, 4.69) is 62.9 Å². The molecule has 0 unspecified atom stereocenters. The maximum atomic E-state index is 14.0. The molecule has 0 saturated carbocycles. The van der Waals surface area contributed by atoms with Gasteiger partial charge in [0.25, 0.3) is 0 Å². The summed E-state index contributed by atoms with van der Waals surface area (Å²) in [6, 6.07) is 30.8. The molecule has 4 aromatic rings. The molecular weight excluding hydrogens is 592 g/mol. The highest BCUT2D eigenvalue weighted by molar-refractivity contribution is 7.83. The number of amides is 1. The molecule has 0 aliphatic carbocycles. The molecule has 0 heterocycles. The monoisotopic (exact) mass is 634 g/mol. The topological polar surface area (TPSA) is 58.6 Å². The van der Waals surface area contributed by atoms with Crippen molar-refractivity contribution in [3.63, 3.8) is 0 Å². The van der Waals surface area contributed by atoms with E-state index in [1.165, 1.54) is 0 Å². The maximum absolute atomic E-state index is 14.0. The highest BCUT2D eigenvalue weighted by Crippen LogP contribution is 2.38. The Kier molecular flexibility index (Phi) is 11.0. The van der Waals surface area contributed by atoms with Crippen molar-refractivity contribution in [3.05, 3.63) is 114 Å². The van der Waals surface area contributed by atoms with Crippen LogP contribution in [-0.4, -0.2) is 41.9 Å². The number of hydrogen-bond donors (Lipinski definition) is 1. The van der Waals surface area contributed by atoms with Crippen molar-refractivity contribution in [2.75, 3.05) is 12.5 Å². The van der Waals surface area contributed by atoms with Gasteiger partial charge in [0.05, 0.1) is 23.6 Å². The number of carbonyl (C=O) groups excluding carboxylic acids is 1. The Morgan fingerprint density at radius 3 is 2.21 bits per heavy atom. The van der Waals surface area contributed by atoms with E-state index < -0.39 is 31.4 Å². The number of alkyl halides is 1. The molecule has 0 aromatic heterocycles. The van der Waals surface area contributed by atoms with Crippen molar-refractivity contribution < 1.29 is 13.4 Å². The van der Waals surface area contributed by atoms with Gasteiger partial charge in [-0.25, -0.2) is 8.93 Å². The first-order valence-corrected chi connectivity index (χ1v) is 19.3. The predicted molar refractivity (Wildman–Crippen MR) is 182 cm³/mol. The van der Waals surface area contributed by atoms with E-state index in [0.29, 0.717) is 11.4 Å². The summed E-state index contributed by atoms with van der Waals surface area (Å²) < 4.78 is 24.3. The van der Waals surface area contributed by atoms with E-state index in [0.717, 1.165) is 27.5 Å². The van der Waals surface area contributed by atoms with Crippen LogP contribution in [0, 0.1) is 6.92 Å². The summed E-state index contributed by atoms with van der Waals surface area (Å²) in [5, 5.41) is 2.06. The fourth-order valence-corrected chi connectivity index (χ4v) is 7.05. The van der Waals surface area contributed by atoms with Gasteiger partial charge in [0.1, 0.15) is 16.9 Å². The highest BCUT2D eigenvalue weighted by atomic mass is 35.5. The Morgan fingerprint density at radius 1 is 0.930 bits per heavy atom. The van der Waals surface area contributed by atoms with E-state index >= 15 is 0 Å². The van der Waals surface area contributed by atoms with Gasteiger partial charge in [-0.15, -0.1) is 11.6 Å². The van der Waals surface area contributed by atoms with Gasteiger partial charge in [-0.05, 0) is 59.1 Å². The molecule has 0 radical (unpaired) electrons. The quantitative estimate of drug-likeness (QED) is 0.126.